The number of amides is 2. The highest BCUT2D eigenvalue weighted by molar-refractivity contribution is 6.01. The largest absolute Gasteiger partial charge is 0.497 e. The molecule has 1 aromatic heterocycles. The lowest BCUT2D eigenvalue weighted by atomic mass is 9.99. The number of piperidine rings is 1. The van der Waals surface area contributed by atoms with Crippen LogP contribution in [0.4, 0.5) is 22.0 Å². The van der Waals surface area contributed by atoms with Crippen molar-refractivity contribution in [1.29, 1.82) is 0 Å². The van der Waals surface area contributed by atoms with Crippen molar-refractivity contribution in [2.24, 2.45) is 5.92 Å². The van der Waals surface area contributed by atoms with Crippen LogP contribution in [0.2, 0.25) is 0 Å². The van der Waals surface area contributed by atoms with Gasteiger partial charge in [0.05, 0.1) is 25.6 Å². The van der Waals surface area contributed by atoms with Gasteiger partial charge in [0.1, 0.15) is 11.5 Å². The number of benzene rings is 2. The van der Waals surface area contributed by atoms with Crippen molar-refractivity contribution in [2.45, 2.75) is 19.8 Å². The van der Waals surface area contributed by atoms with E-state index in [1.54, 1.807) is 32.4 Å². The van der Waals surface area contributed by atoms with E-state index < -0.39 is 0 Å². The van der Waals surface area contributed by atoms with Crippen LogP contribution < -0.4 is 25.0 Å². The van der Waals surface area contributed by atoms with Gasteiger partial charge in [0.2, 0.25) is 0 Å². The fourth-order valence-electron chi connectivity index (χ4n) is 3.84. The van der Waals surface area contributed by atoms with Crippen molar-refractivity contribution in [2.75, 3.05) is 42.8 Å². The van der Waals surface area contributed by atoms with Crippen LogP contribution in [0, 0.1) is 5.92 Å². The summed E-state index contributed by atoms with van der Waals surface area (Å²) in [7, 11) is 3.12. The summed E-state index contributed by atoms with van der Waals surface area (Å²) in [6.45, 7) is 4.32. The molecule has 4 rings (SSSR count). The van der Waals surface area contributed by atoms with Crippen molar-refractivity contribution < 1.29 is 14.3 Å². The number of anilines is 3. The van der Waals surface area contributed by atoms with Crippen LogP contribution in [-0.2, 0) is 0 Å². The molecular weight excluding hydrogens is 418 g/mol. The molecule has 0 spiro atoms. The first-order valence-electron chi connectivity index (χ1n) is 11.0. The number of carbonyl (C=O) groups is 1. The van der Waals surface area contributed by atoms with Gasteiger partial charge < -0.3 is 25.0 Å². The topological polar surface area (TPSA) is 88.6 Å². The van der Waals surface area contributed by atoms with Gasteiger partial charge in [0.25, 0.3) is 0 Å². The average Bonchev–Trinajstić information content (AvgIpc) is 2.84. The van der Waals surface area contributed by atoms with Gasteiger partial charge in [-0.15, -0.1) is 10.2 Å². The van der Waals surface area contributed by atoms with E-state index in [0.717, 1.165) is 36.1 Å². The highest BCUT2D eigenvalue weighted by atomic mass is 16.5. The predicted octanol–water partition coefficient (Wildman–Crippen LogP) is 5.04. The van der Waals surface area contributed by atoms with Gasteiger partial charge in [0, 0.05) is 30.4 Å². The summed E-state index contributed by atoms with van der Waals surface area (Å²) in [5.41, 5.74) is 2.78. The average molecular weight is 448 g/mol. The monoisotopic (exact) mass is 447 g/mol. The van der Waals surface area contributed by atoms with Crippen LogP contribution in [-0.4, -0.2) is 43.5 Å². The van der Waals surface area contributed by atoms with Crippen molar-refractivity contribution in [3.05, 3.63) is 54.6 Å². The predicted molar refractivity (Wildman–Crippen MR) is 130 cm³/mol. The maximum atomic E-state index is 12.6. The van der Waals surface area contributed by atoms with Crippen molar-refractivity contribution >= 4 is 23.2 Å². The molecule has 0 aliphatic carbocycles. The van der Waals surface area contributed by atoms with Crippen LogP contribution in [0.1, 0.15) is 19.8 Å². The van der Waals surface area contributed by atoms with E-state index in [9.17, 15) is 4.79 Å². The Morgan fingerprint density at radius 2 is 1.79 bits per heavy atom. The molecule has 1 fully saturated rings. The van der Waals surface area contributed by atoms with Crippen molar-refractivity contribution in [3.63, 3.8) is 0 Å². The zero-order chi connectivity index (χ0) is 23.2. The smallest absolute Gasteiger partial charge is 0.323 e. The van der Waals surface area contributed by atoms with Crippen LogP contribution in [0.25, 0.3) is 11.3 Å². The maximum absolute atomic E-state index is 12.6. The molecule has 2 heterocycles. The number of methoxy groups -OCH3 is 2. The second kappa shape index (κ2) is 10.2. The summed E-state index contributed by atoms with van der Waals surface area (Å²) in [6, 6.07) is 16.3. The normalized spacial score (nSPS) is 14.0. The van der Waals surface area contributed by atoms with Crippen LogP contribution in [0.3, 0.4) is 0 Å². The molecule has 33 heavy (non-hydrogen) atoms. The fourth-order valence-corrected chi connectivity index (χ4v) is 3.84. The Bertz CT molecular complexity index is 1100. The van der Waals surface area contributed by atoms with Gasteiger partial charge >= 0.3 is 6.03 Å². The summed E-state index contributed by atoms with van der Waals surface area (Å²) >= 11 is 0. The molecule has 1 saturated heterocycles. The van der Waals surface area contributed by atoms with E-state index in [1.165, 1.54) is 12.8 Å². The zero-order valence-electron chi connectivity index (χ0n) is 19.2. The minimum atomic E-state index is -0.389. The van der Waals surface area contributed by atoms with E-state index in [2.05, 4.69) is 32.7 Å². The lowest BCUT2D eigenvalue weighted by Gasteiger charge is -2.30. The summed E-state index contributed by atoms with van der Waals surface area (Å²) in [4.78, 5) is 14.9. The van der Waals surface area contributed by atoms with Gasteiger partial charge in [-0.3, -0.25) is 0 Å². The lowest BCUT2D eigenvalue weighted by molar-refractivity contribution is 0.262. The Hall–Kier alpha value is -3.81. The van der Waals surface area contributed by atoms with Gasteiger partial charge in [-0.1, -0.05) is 19.1 Å². The molecule has 2 amide bonds. The van der Waals surface area contributed by atoms with E-state index >= 15 is 0 Å². The Kier molecular flexibility index (Phi) is 6.92. The lowest BCUT2D eigenvalue weighted by Crippen LogP contribution is -2.33. The van der Waals surface area contributed by atoms with Gasteiger partial charge in [-0.25, -0.2) is 4.79 Å². The number of nitrogens with one attached hydrogen (secondary N) is 2. The molecule has 0 bridgehead atoms. The minimum Gasteiger partial charge on any atom is -0.497 e. The van der Waals surface area contributed by atoms with Crippen LogP contribution in [0.5, 0.6) is 11.5 Å². The summed E-state index contributed by atoms with van der Waals surface area (Å²) in [6.07, 6.45) is 2.36. The van der Waals surface area contributed by atoms with Gasteiger partial charge in [-0.2, -0.15) is 0 Å². The molecule has 0 unspecified atom stereocenters. The number of ether oxygens (including phenoxy) is 2. The summed E-state index contributed by atoms with van der Waals surface area (Å²) in [5.74, 6) is 2.84. The Labute approximate surface area is 193 Å². The molecule has 2 N–H and O–H groups in total. The molecule has 1 aliphatic heterocycles. The number of nitrogens with zero attached hydrogens (tertiary/aromatic N) is 3. The second-order valence-electron chi connectivity index (χ2n) is 8.17. The van der Waals surface area contributed by atoms with E-state index in [4.69, 9.17) is 9.47 Å². The number of carbonyl (C=O) groups excluding carboxylic acids is 1. The molecule has 0 saturated carbocycles. The number of hydrogen-bond donors (Lipinski definition) is 2. The Morgan fingerprint density at radius 1 is 0.970 bits per heavy atom. The number of urea groups is 1. The molecule has 172 valence electrons. The Morgan fingerprint density at radius 3 is 2.48 bits per heavy atom. The zero-order valence-corrected chi connectivity index (χ0v) is 19.2. The van der Waals surface area contributed by atoms with E-state index in [-0.39, 0.29) is 6.03 Å². The first kappa shape index (κ1) is 22.4. The van der Waals surface area contributed by atoms with Crippen LogP contribution >= 0.6 is 0 Å². The number of aromatic nitrogens is 2. The SMILES string of the molecule is COc1ccc(OC)c(NC(=O)Nc2cccc(-c3ccc(N4CCC(C)CC4)nn3)c2)c1. The summed E-state index contributed by atoms with van der Waals surface area (Å²) < 4.78 is 10.5. The van der Waals surface area contributed by atoms with Gasteiger partial charge in [0.15, 0.2) is 5.82 Å². The number of rotatable bonds is 6. The third-order valence-corrected chi connectivity index (χ3v) is 5.83. The molecule has 8 nitrogen and oxygen atoms in total. The fraction of sp³-hybridized carbons (Fsp3) is 0.320. The molecule has 0 radical (unpaired) electrons. The first-order valence-corrected chi connectivity index (χ1v) is 11.0. The Balaban J connectivity index is 1.43. The van der Waals surface area contributed by atoms with E-state index in [0.29, 0.717) is 22.9 Å². The molecule has 2 aromatic carbocycles. The molecule has 8 heteroatoms. The van der Waals surface area contributed by atoms with Crippen LogP contribution in [0.15, 0.2) is 54.6 Å². The molecule has 1 aliphatic rings. The standard InChI is InChI=1S/C25H29N5O3/c1-17-11-13-30(14-12-17)24-10-8-21(28-29-24)18-5-4-6-19(15-18)26-25(31)27-22-16-20(32-2)7-9-23(22)33-3/h4-10,15-17H,11-14H2,1-3H3,(H2,26,27,31). The van der Waals surface area contributed by atoms with E-state index in [1.807, 2.05) is 36.4 Å². The quantitative estimate of drug-likeness (QED) is 0.550. The maximum Gasteiger partial charge on any atom is 0.323 e. The highest BCUT2D eigenvalue weighted by Gasteiger charge is 2.17. The second-order valence-corrected chi connectivity index (χ2v) is 8.17. The van der Waals surface area contributed by atoms with Crippen molar-refractivity contribution in [1.82, 2.24) is 10.2 Å². The molecule has 3 aromatic rings. The highest BCUT2D eigenvalue weighted by Crippen LogP contribution is 2.29. The molecular formula is C25H29N5O3. The minimum absolute atomic E-state index is 0.389. The number of hydrogen-bond acceptors (Lipinski definition) is 6. The third kappa shape index (κ3) is 5.52. The summed E-state index contributed by atoms with van der Waals surface area (Å²) in [5, 5.41) is 14.5. The first-order chi connectivity index (χ1) is 16.1. The molecule has 0 atom stereocenters. The third-order valence-electron chi connectivity index (χ3n) is 5.83. The van der Waals surface area contributed by atoms with Crippen molar-refractivity contribution in [3.8, 4) is 22.8 Å². The van der Waals surface area contributed by atoms with Gasteiger partial charge in [-0.05, 0) is 55.2 Å².